The molecule has 0 aliphatic heterocycles. The van der Waals surface area contributed by atoms with Crippen LogP contribution in [0.1, 0.15) is 21.6 Å². The Morgan fingerprint density at radius 1 is 1.26 bits per heavy atom. The van der Waals surface area contributed by atoms with Gasteiger partial charge in [-0.05, 0) is 17.7 Å². The van der Waals surface area contributed by atoms with Crippen LogP contribution in [0.2, 0.25) is 0 Å². The standard InChI is InChI=1S/C12H9F3N2OS/c13-12(14,15)9-3-1-8(2-4-9)5-16-11(18)10-6-19-7-17-10/h1-4,6-7H,5H2,(H,16,18). The molecule has 0 radical (unpaired) electrons. The first kappa shape index (κ1) is 13.5. The average Bonchev–Trinajstić information content (AvgIpc) is 2.89. The molecule has 0 spiro atoms. The van der Waals surface area contributed by atoms with Gasteiger partial charge in [0, 0.05) is 11.9 Å². The minimum absolute atomic E-state index is 0.161. The Labute approximate surface area is 111 Å². The Morgan fingerprint density at radius 2 is 1.95 bits per heavy atom. The Balaban J connectivity index is 1.95. The number of benzene rings is 1. The van der Waals surface area contributed by atoms with Crippen LogP contribution in [-0.2, 0) is 12.7 Å². The molecule has 0 aliphatic rings. The van der Waals surface area contributed by atoms with Crippen molar-refractivity contribution in [3.8, 4) is 0 Å². The van der Waals surface area contributed by atoms with E-state index in [0.717, 1.165) is 12.1 Å². The van der Waals surface area contributed by atoms with Crippen LogP contribution in [0.25, 0.3) is 0 Å². The van der Waals surface area contributed by atoms with Crippen molar-refractivity contribution in [3.63, 3.8) is 0 Å². The van der Waals surface area contributed by atoms with E-state index in [1.807, 2.05) is 0 Å². The van der Waals surface area contributed by atoms with Crippen molar-refractivity contribution in [3.05, 3.63) is 52.0 Å². The highest BCUT2D eigenvalue weighted by molar-refractivity contribution is 7.07. The van der Waals surface area contributed by atoms with Crippen LogP contribution in [0.15, 0.2) is 35.2 Å². The molecule has 1 N–H and O–H groups in total. The number of thiazole rings is 1. The highest BCUT2D eigenvalue weighted by atomic mass is 32.1. The summed E-state index contributed by atoms with van der Waals surface area (Å²) in [6.45, 7) is 0.161. The monoisotopic (exact) mass is 286 g/mol. The Kier molecular flexibility index (Phi) is 3.84. The van der Waals surface area contributed by atoms with Crippen molar-refractivity contribution in [2.45, 2.75) is 12.7 Å². The number of carbonyl (C=O) groups is 1. The zero-order valence-electron chi connectivity index (χ0n) is 9.57. The number of nitrogens with one attached hydrogen (secondary N) is 1. The number of carbonyl (C=O) groups excluding carboxylic acids is 1. The Bertz CT molecular complexity index is 549. The summed E-state index contributed by atoms with van der Waals surface area (Å²) < 4.78 is 37.0. The minimum Gasteiger partial charge on any atom is -0.347 e. The van der Waals surface area contributed by atoms with Crippen LogP contribution in [0.3, 0.4) is 0 Å². The molecule has 3 nitrogen and oxygen atoms in total. The maximum absolute atomic E-state index is 12.3. The lowest BCUT2D eigenvalue weighted by molar-refractivity contribution is -0.137. The number of hydrogen-bond acceptors (Lipinski definition) is 3. The predicted molar refractivity (Wildman–Crippen MR) is 64.7 cm³/mol. The summed E-state index contributed by atoms with van der Waals surface area (Å²) >= 11 is 1.30. The van der Waals surface area contributed by atoms with Crippen LogP contribution in [-0.4, -0.2) is 10.9 Å². The van der Waals surface area contributed by atoms with Crippen LogP contribution in [0.5, 0.6) is 0 Å². The lowest BCUT2D eigenvalue weighted by atomic mass is 10.1. The number of rotatable bonds is 3. The Hall–Kier alpha value is -1.89. The van der Waals surface area contributed by atoms with Crippen molar-refractivity contribution >= 4 is 17.2 Å². The number of halogens is 3. The van der Waals surface area contributed by atoms with Gasteiger partial charge in [-0.25, -0.2) is 4.98 Å². The first-order valence-corrected chi connectivity index (χ1v) is 6.23. The normalized spacial score (nSPS) is 11.3. The van der Waals surface area contributed by atoms with Crippen molar-refractivity contribution in [1.82, 2.24) is 10.3 Å². The van der Waals surface area contributed by atoms with Gasteiger partial charge in [-0.2, -0.15) is 13.2 Å². The lowest BCUT2D eigenvalue weighted by Gasteiger charge is -2.08. The van der Waals surface area contributed by atoms with E-state index in [9.17, 15) is 18.0 Å². The largest absolute Gasteiger partial charge is 0.416 e. The van der Waals surface area contributed by atoms with Gasteiger partial charge >= 0.3 is 6.18 Å². The fourth-order valence-electron chi connectivity index (χ4n) is 1.41. The molecule has 0 unspecified atom stereocenters. The molecule has 2 aromatic rings. The summed E-state index contributed by atoms with van der Waals surface area (Å²) in [5, 5.41) is 4.18. The van der Waals surface area contributed by atoms with E-state index in [4.69, 9.17) is 0 Å². The van der Waals surface area contributed by atoms with E-state index in [0.29, 0.717) is 11.3 Å². The third-order valence-electron chi connectivity index (χ3n) is 2.40. The van der Waals surface area contributed by atoms with Crippen LogP contribution in [0, 0.1) is 0 Å². The molecule has 7 heteroatoms. The molecule has 1 aromatic heterocycles. The molecule has 0 saturated heterocycles. The second-order valence-electron chi connectivity index (χ2n) is 3.75. The first-order chi connectivity index (χ1) is 8.97. The molecule has 2 rings (SSSR count). The van der Waals surface area contributed by atoms with E-state index < -0.39 is 11.7 Å². The third kappa shape index (κ3) is 3.54. The number of amides is 1. The van der Waals surface area contributed by atoms with Gasteiger partial charge in [-0.15, -0.1) is 11.3 Å². The zero-order valence-corrected chi connectivity index (χ0v) is 10.4. The van der Waals surface area contributed by atoms with Gasteiger partial charge in [-0.3, -0.25) is 4.79 Å². The van der Waals surface area contributed by atoms with E-state index in [2.05, 4.69) is 10.3 Å². The highest BCUT2D eigenvalue weighted by Gasteiger charge is 2.29. The van der Waals surface area contributed by atoms with Crippen molar-refractivity contribution < 1.29 is 18.0 Å². The molecular formula is C12H9F3N2OS. The summed E-state index contributed by atoms with van der Waals surface area (Å²) in [4.78, 5) is 15.4. The molecule has 0 atom stereocenters. The molecule has 19 heavy (non-hydrogen) atoms. The molecular weight excluding hydrogens is 277 g/mol. The van der Waals surface area contributed by atoms with Crippen molar-refractivity contribution in [2.75, 3.05) is 0 Å². The highest BCUT2D eigenvalue weighted by Crippen LogP contribution is 2.29. The van der Waals surface area contributed by atoms with Gasteiger partial charge < -0.3 is 5.32 Å². The third-order valence-corrected chi connectivity index (χ3v) is 2.99. The topological polar surface area (TPSA) is 42.0 Å². The quantitative estimate of drug-likeness (QED) is 0.942. The van der Waals surface area contributed by atoms with Gasteiger partial charge in [0.2, 0.25) is 0 Å². The van der Waals surface area contributed by atoms with Gasteiger partial charge in [-0.1, -0.05) is 12.1 Å². The molecule has 0 fully saturated rings. The van der Waals surface area contributed by atoms with Crippen LogP contribution in [0.4, 0.5) is 13.2 Å². The van der Waals surface area contributed by atoms with E-state index >= 15 is 0 Å². The van der Waals surface area contributed by atoms with E-state index in [1.54, 1.807) is 5.38 Å². The summed E-state index contributed by atoms with van der Waals surface area (Å²) in [6, 6.07) is 4.66. The second kappa shape index (κ2) is 5.40. The van der Waals surface area contributed by atoms with Gasteiger partial charge in [0.15, 0.2) is 0 Å². The predicted octanol–water partition coefficient (Wildman–Crippen LogP) is 3.09. The van der Waals surface area contributed by atoms with Gasteiger partial charge in [0.25, 0.3) is 5.91 Å². The zero-order chi connectivity index (χ0) is 13.9. The molecule has 0 aliphatic carbocycles. The fraction of sp³-hybridized carbons (Fsp3) is 0.167. The second-order valence-corrected chi connectivity index (χ2v) is 4.47. The maximum Gasteiger partial charge on any atom is 0.416 e. The Morgan fingerprint density at radius 3 is 2.47 bits per heavy atom. The summed E-state index contributed by atoms with van der Waals surface area (Å²) in [6.07, 6.45) is -4.34. The number of alkyl halides is 3. The number of nitrogens with zero attached hydrogens (tertiary/aromatic N) is 1. The summed E-state index contributed by atoms with van der Waals surface area (Å²) in [5.74, 6) is -0.346. The molecule has 0 bridgehead atoms. The average molecular weight is 286 g/mol. The first-order valence-electron chi connectivity index (χ1n) is 5.29. The molecule has 100 valence electrons. The van der Waals surface area contributed by atoms with E-state index in [-0.39, 0.29) is 12.5 Å². The van der Waals surface area contributed by atoms with Crippen LogP contribution < -0.4 is 5.32 Å². The molecule has 1 aromatic carbocycles. The number of aromatic nitrogens is 1. The van der Waals surface area contributed by atoms with E-state index in [1.165, 1.54) is 29.0 Å². The molecule has 1 heterocycles. The summed E-state index contributed by atoms with van der Waals surface area (Å²) in [7, 11) is 0. The van der Waals surface area contributed by atoms with Crippen molar-refractivity contribution in [1.29, 1.82) is 0 Å². The van der Waals surface area contributed by atoms with Crippen molar-refractivity contribution in [2.24, 2.45) is 0 Å². The smallest absolute Gasteiger partial charge is 0.347 e. The molecule has 1 amide bonds. The van der Waals surface area contributed by atoms with Crippen LogP contribution >= 0.6 is 11.3 Å². The maximum atomic E-state index is 12.3. The molecule has 0 saturated carbocycles. The minimum atomic E-state index is -4.34. The lowest BCUT2D eigenvalue weighted by Crippen LogP contribution is -2.23. The fourth-order valence-corrected chi connectivity index (χ4v) is 1.94. The van der Waals surface area contributed by atoms with Gasteiger partial charge in [0.05, 0.1) is 11.1 Å². The number of hydrogen-bond donors (Lipinski definition) is 1. The summed E-state index contributed by atoms with van der Waals surface area (Å²) in [5.41, 5.74) is 1.73. The SMILES string of the molecule is O=C(NCc1ccc(C(F)(F)F)cc1)c1cscn1. The van der Waals surface area contributed by atoms with Gasteiger partial charge in [0.1, 0.15) is 5.69 Å².